The number of aromatic hydroxyl groups is 3. The molecule has 4 fully saturated rings. The van der Waals surface area contributed by atoms with Crippen LogP contribution in [0.3, 0.4) is 0 Å². The fourth-order valence-corrected chi connectivity index (χ4v) is 11.9. The third-order valence-electron chi connectivity index (χ3n) is 15.1. The van der Waals surface area contributed by atoms with E-state index in [1.165, 1.54) is 12.1 Å². The van der Waals surface area contributed by atoms with Crippen molar-refractivity contribution >= 4 is 16.1 Å². The van der Waals surface area contributed by atoms with Crippen LogP contribution < -0.4 is 10.0 Å². The highest BCUT2D eigenvalue weighted by atomic mass is 32.2. The van der Waals surface area contributed by atoms with Crippen LogP contribution in [0.4, 0.5) is 4.79 Å². The van der Waals surface area contributed by atoms with E-state index in [0.717, 1.165) is 18.4 Å². The van der Waals surface area contributed by atoms with Gasteiger partial charge < -0.3 is 68.7 Å². The number of carbonyl (C=O) groups excluding carboxylic acids is 1. The number of sulfonamides is 1. The number of urea groups is 1. The van der Waals surface area contributed by atoms with Gasteiger partial charge in [0.25, 0.3) is 10.0 Å². The van der Waals surface area contributed by atoms with E-state index in [4.69, 9.17) is 37.9 Å². The molecule has 0 aromatic heterocycles. The number of carbonyl (C=O) groups is 1. The van der Waals surface area contributed by atoms with Crippen molar-refractivity contribution in [2.24, 2.45) is 0 Å². The first-order valence-electron chi connectivity index (χ1n) is 27.9. The molecule has 4 aliphatic heterocycles. The molecule has 0 radical (unpaired) electrons. The van der Waals surface area contributed by atoms with E-state index in [2.05, 4.69) is 17.0 Å². The molecule has 13 unspecified atom stereocenters. The second-order valence-corrected chi connectivity index (χ2v) is 23.1. The van der Waals surface area contributed by atoms with E-state index < -0.39 is 59.5 Å². The first-order valence-corrected chi connectivity index (χ1v) is 29.4. The Bertz CT molecular complexity index is 2610. The van der Waals surface area contributed by atoms with Gasteiger partial charge in [-0.25, -0.2) is 17.9 Å². The molecule has 8 rings (SSSR count). The Kier molecular flexibility index (Phi) is 21.6. The maximum absolute atomic E-state index is 13.0. The molecule has 4 saturated heterocycles. The topological polar surface area (TPSA) is 250 Å². The van der Waals surface area contributed by atoms with Gasteiger partial charge in [-0.1, -0.05) is 79.2 Å². The van der Waals surface area contributed by atoms with Crippen LogP contribution in [0.15, 0.2) is 102 Å². The molecule has 19 heteroatoms. The van der Waals surface area contributed by atoms with E-state index in [9.17, 15) is 38.7 Å². The van der Waals surface area contributed by atoms with Crippen molar-refractivity contribution in [1.29, 1.82) is 0 Å². The number of rotatable bonds is 24. The zero-order valence-corrected chi connectivity index (χ0v) is 45.8. The number of amides is 2. The molecule has 14 atom stereocenters. The number of phenolic OH excluding ortho intramolecular Hbond substituents is 3. The summed E-state index contributed by atoms with van der Waals surface area (Å²) in [6.07, 6.45) is 3.21. The molecular weight excluding hydrogens is 1020 g/mol. The van der Waals surface area contributed by atoms with Crippen molar-refractivity contribution in [3.8, 4) is 17.2 Å². The Hall–Kier alpha value is -4.90. The average Bonchev–Trinajstić information content (AvgIpc) is 3.43. The van der Waals surface area contributed by atoms with E-state index in [1.807, 2.05) is 32.0 Å². The minimum absolute atomic E-state index is 0.0417. The van der Waals surface area contributed by atoms with Gasteiger partial charge in [-0.2, -0.15) is 0 Å². The number of hydrogen-bond donors (Lipinski definition) is 7. The summed E-state index contributed by atoms with van der Waals surface area (Å²) in [5.41, 5.74) is 2.54. The number of hydrogen-bond acceptors (Lipinski definition) is 16. The highest BCUT2D eigenvalue weighted by molar-refractivity contribution is 7.90. The van der Waals surface area contributed by atoms with Crippen LogP contribution in [0.2, 0.25) is 0 Å². The minimum Gasteiger partial charge on any atom is -0.507 e. The lowest BCUT2D eigenvalue weighted by atomic mass is 9.95. The highest BCUT2D eigenvalue weighted by Crippen LogP contribution is 2.40. The van der Waals surface area contributed by atoms with Crippen LogP contribution in [-0.4, -0.2) is 114 Å². The van der Waals surface area contributed by atoms with Gasteiger partial charge in [0, 0.05) is 36.0 Å². The second kappa shape index (κ2) is 28.5. The average molecular weight is 1110 g/mol. The van der Waals surface area contributed by atoms with E-state index in [0.29, 0.717) is 107 Å². The number of ether oxygens (including phenoxy) is 8. The molecule has 0 bridgehead atoms. The molecule has 0 aliphatic carbocycles. The van der Waals surface area contributed by atoms with Crippen LogP contribution in [-0.2, 0) is 47.9 Å². The fraction of sp³-hybridized carbons (Fsp3) is 0.576. The van der Waals surface area contributed by atoms with Gasteiger partial charge in [-0.15, -0.1) is 0 Å². The van der Waals surface area contributed by atoms with Crippen molar-refractivity contribution in [1.82, 2.24) is 10.0 Å². The summed E-state index contributed by atoms with van der Waals surface area (Å²) in [7, 11) is -4.14. The SMILES string of the molecule is CCC1CC(CCCC2CC(CC(O)CCCC3CC(CCCC(O)CC4C[C@H](C)OC(c5ccccc5O)O4)OC(c4ccccc4O)O3)OC(CNC(=O)NS(=O)(=O)c3ccc(C)cc3)O2)OC(c2ccccc2O)O1. The standard InChI is InChI=1S/C59H80N2O16S/c1-4-41-33-43(74-57(73-41)50-21-6-9-24-53(50)65)19-13-18-42-35-47(72-55(71-42)36-60-59(67)61-78(68,69)48-28-26-37(2)27-29-48)32-40(63)15-12-17-45-34-44(75-58(76-45)51-22-7-10-25-54(51)66)16-11-14-39(62)31-46-30-38(3)70-56(77-46)49-20-5-8-23-52(49)64/h5-10,20-29,38-47,55-58,62-66H,4,11-19,30-36H2,1-3H3,(H2,60,61,67)/t38-,39?,40?,41?,42?,43?,44?,45?,46?,47?,55?,56?,57?,58?/m0/s1. The smallest absolute Gasteiger partial charge is 0.328 e. The number of aryl methyl sites for hydroxylation is 1. The first kappa shape index (κ1) is 59.2. The lowest BCUT2D eigenvalue weighted by Gasteiger charge is -2.38. The van der Waals surface area contributed by atoms with E-state index in [-0.39, 0.29) is 71.4 Å². The third-order valence-corrected chi connectivity index (χ3v) is 16.4. The zero-order valence-electron chi connectivity index (χ0n) is 45.0. The number of benzene rings is 4. The summed E-state index contributed by atoms with van der Waals surface area (Å²) in [5.74, 6) is 0.277. The van der Waals surface area contributed by atoms with E-state index in [1.54, 1.807) is 66.7 Å². The highest BCUT2D eigenvalue weighted by Gasteiger charge is 2.37. The monoisotopic (exact) mass is 1100 g/mol. The number of nitrogens with one attached hydrogen (secondary N) is 2. The second-order valence-electron chi connectivity index (χ2n) is 21.4. The number of aliphatic hydroxyl groups excluding tert-OH is 2. The molecule has 0 spiro atoms. The lowest BCUT2D eigenvalue weighted by Crippen LogP contribution is -2.48. The molecule has 4 aliphatic rings. The molecule has 4 aromatic carbocycles. The third kappa shape index (κ3) is 17.3. The molecule has 2 amide bonds. The molecule has 78 heavy (non-hydrogen) atoms. The maximum Gasteiger partial charge on any atom is 0.328 e. The lowest BCUT2D eigenvalue weighted by molar-refractivity contribution is -0.253. The molecule has 0 saturated carbocycles. The van der Waals surface area contributed by atoms with Gasteiger partial charge in [0.15, 0.2) is 25.2 Å². The van der Waals surface area contributed by atoms with Crippen LogP contribution in [0, 0.1) is 6.92 Å². The van der Waals surface area contributed by atoms with Crippen LogP contribution in [0.5, 0.6) is 17.2 Å². The van der Waals surface area contributed by atoms with Crippen molar-refractivity contribution in [2.75, 3.05) is 6.54 Å². The largest absolute Gasteiger partial charge is 0.507 e. The van der Waals surface area contributed by atoms with E-state index >= 15 is 0 Å². The normalized spacial score (nSPS) is 28.6. The quantitative estimate of drug-likeness (QED) is 0.0345. The van der Waals surface area contributed by atoms with Crippen LogP contribution in [0.25, 0.3) is 0 Å². The van der Waals surface area contributed by atoms with Crippen molar-refractivity contribution in [3.05, 3.63) is 119 Å². The Morgan fingerprint density at radius 2 is 0.962 bits per heavy atom. The summed E-state index contributed by atoms with van der Waals surface area (Å²) in [6.45, 7) is 5.71. The van der Waals surface area contributed by atoms with Gasteiger partial charge in [-0.3, -0.25) is 0 Å². The molecule has 428 valence electrons. The summed E-state index contributed by atoms with van der Waals surface area (Å²) >= 11 is 0. The molecule has 18 nitrogen and oxygen atoms in total. The molecule has 4 aromatic rings. The predicted octanol–water partition coefficient (Wildman–Crippen LogP) is 9.66. The number of phenols is 3. The van der Waals surface area contributed by atoms with Gasteiger partial charge in [0.05, 0.1) is 72.5 Å². The number of aliphatic hydroxyl groups is 2. The van der Waals surface area contributed by atoms with Crippen molar-refractivity contribution in [2.45, 2.75) is 215 Å². The van der Waals surface area contributed by atoms with Gasteiger partial charge >= 0.3 is 6.03 Å². The van der Waals surface area contributed by atoms with Crippen molar-refractivity contribution in [3.63, 3.8) is 0 Å². The summed E-state index contributed by atoms with van der Waals surface area (Å²) in [4.78, 5) is 12.9. The summed E-state index contributed by atoms with van der Waals surface area (Å²) in [6, 6.07) is 26.1. The predicted molar refractivity (Wildman–Crippen MR) is 287 cm³/mol. The minimum atomic E-state index is -4.14. The first-order chi connectivity index (χ1) is 37.6. The Balaban J connectivity index is 0.839. The van der Waals surface area contributed by atoms with Gasteiger partial charge in [-0.05, 0) is 128 Å². The van der Waals surface area contributed by atoms with Crippen molar-refractivity contribution < 1.29 is 76.6 Å². The summed E-state index contributed by atoms with van der Waals surface area (Å²) < 4.78 is 78.4. The van der Waals surface area contributed by atoms with Gasteiger partial charge in [0.2, 0.25) is 0 Å². The van der Waals surface area contributed by atoms with Crippen LogP contribution in [0.1, 0.15) is 158 Å². The summed E-state index contributed by atoms with van der Waals surface area (Å²) in [5, 5.41) is 57.1. The van der Waals surface area contributed by atoms with Gasteiger partial charge in [0.1, 0.15) is 17.2 Å². The Morgan fingerprint density at radius 1 is 0.551 bits per heavy atom. The fourth-order valence-electron chi connectivity index (χ4n) is 10.9. The maximum atomic E-state index is 13.0. The zero-order chi connectivity index (χ0) is 55.2. The Labute approximate surface area is 458 Å². The van der Waals surface area contributed by atoms with Crippen LogP contribution >= 0.6 is 0 Å². The molecule has 7 N–H and O–H groups in total. The molecular formula is C59H80N2O16S. The Morgan fingerprint density at radius 3 is 1.47 bits per heavy atom. The molecule has 4 heterocycles. The number of para-hydroxylation sites is 3.